The van der Waals surface area contributed by atoms with Gasteiger partial charge in [0.15, 0.2) is 0 Å². The van der Waals surface area contributed by atoms with Gasteiger partial charge in [-0.1, -0.05) is 30.3 Å². The minimum absolute atomic E-state index is 0.0217. The molecule has 1 aliphatic heterocycles. The molecule has 0 radical (unpaired) electrons. The van der Waals surface area contributed by atoms with Crippen LogP contribution in [-0.2, 0) is 11.3 Å². The number of carboxylic acids is 1. The molecule has 130 valence electrons. The van der Waals surface area contributed by atoms with Crippen molar-refractivity contribution in [1.29, 1.82) is 0 Å². The Bertz CT molecular complexity index is 742. The van der Waals surface area contributed by atoms with Gasteiger partial charge >= 0.3 is 5.97 Å². The Morgan fingerprint density at radius 1 is 1.24 bits per heavy atom. The summed E-state index contributed by atoms with van der Waals surface area (Å²) in [4.78, 5) is 29.6. The molecule has 0 spiro atoms. The van der Waals surface area contributed by atoms with Crippen LogP contribution in [0.1, 0.15) is 39.3 Å². The quantitative estimate of drug-likeness (QED) is 0.874. The van der Waals surface area contributed by atoms with Gasteiger partial charge in [0.25, 0.3) is 5.91 Å². The highest BCUT2D eigenvalue weighted by Gasteiger charge is 2.24. The first-order valence-corrected chi connectivity index (χ1v) is 8.27. The Hall–Kier alpha value is -2.73. The van der Waals surface area contributed by atoms with E-state index < -0.39 is 5.97 Å². The number of benzene rings is 1. The summed E-state index contributed by atoms with van der Waals surface area (Å²) in [6.45, 7) is 1.65. The molecule has 6 nitrogen and oxygen atoms in total. The molecule has 0 saturated carbocycles. The first-order valence-electron chi connectivity index (χ1n) is 8.27. The van der Waals surface area contributed by atoms with Crippen LogP contribution >= 0.6 is 0 Å². The van der Waals surface area contributed by atoms with E-state index in [9.17, 15) is 9.59 Å². The first-order chi connectivity index (χ1) is 12.1. The summed E-state index contributed by atoms with van der Waals surface area (Å²) in [5, 5.41) is 9.09. The Labute approximate surface area is 146 Å². The lowest BCUT2D eigenvalue weighted by Gasteiger charge is -2.26. The highest BCUT2D eigenvalue weighted by atomic mass is 16.5. The van der Waals surface area contributed by atoms with E-state index >= 15 is 0 Å². The molecule has 0 bridgehead atoms. The molecular formula is C19H20N2O4. The maximum atomic E-state index is 13.0. The van der Waals surface area contributed by atoms with Crippen molar-refractivity contribution in [3.63, 3.8) is 0 Å². The van der Waals surface area contributed by atoms with E-state index in [4.69, 9.17) is 9.84 Å². The van der Waals surface area contributed by atoms with E-state index in [1.165, 1.54) is 12.3 Å². The van der Waals surface area contributed by atoms with E-state index in [1.54, 1.807) is 11.0 Å². The molecule has 1 N–H and O–H groups in total. The van der Waals surface area contributed by atoms with Gasteiger partial charge in [-0.3, -0.25) is 4.79 Å². The number of hydrogen-bond acceptors (Lipinski definition) is 4. The molecule has 0 aliphatic carbocycles. The number of aromatic carboxylic acids is 1. The zero-order valence-corrected chi connectivity index (χ0v) is 13.8. The van der Waals surface area contributed by atoms with Crippen molar-refractivity contribution in [2.75, 3.05) is 13.2 Å². The topological polar surface area (TPSA) is 79.7 Å². The summed E-state index contributed by atoms with van der Waals surface area (Å²) in [6, 6.07) is 12.6. The Morgan fingerprint density at radius 3 is 2.72 bits per heavy atom. The summed E-state index contributed by atoms with van der Waals surface area (Å²) in [7, 11) is 0. The Kier molecular flexibility index (Phi) is 5.40. The van der Waals surface area contributed by atoms with E-state index in [1.807, 2.05) is 30.3 Å². The zero-order chi connectivity index (χ0) is 17.6. The number of rotatable bonds is 6. The van der Waals surface area contributed by atoms with Crippen LogP contribution < -0.4 is 0 Å². The van der Waals surface area contributed by atoms with Crippen LogP contribution in [0.2, 0.25) is 0 Å². The number of aromatic nitrogens is 1. The molecule has 1 saturated heterocycles. The number of carboxylic acid groups (broad SMARTS) is 1. The Balaban J connectivity index is 1.82. The second-order valence-corrected chi connectivity index (χ2v) is 6.04. The predicted octanol–water partition coefficient (Wildman–Crippen LogP) is 2.60. The molecular weight excluding hydrogens is 320 g/mol. The average molecular weight is 340 g/mol. The SMILES string of the molecule is O=C(O)c1cc(C(=O)N(Cc2ccccc2)C[C@@H]2CCCO2)ccn1. The summed E-state index contributed by atoms with van der Waals surface area (Å²) in [5.41, 5.74) is 1.20. The van der Waals surface area contributed by atoms with E-state index in [0.717, 1.165) is 25.0 Å². The van der Waals surface area contributed by atoms with Gasteiger partial charge in [-0.05, 0) is 30.5 Å². The third kappa shape index (κ3) is 4.42. The summed E-state index contributed by atoms with van der Waals surface area (Å²) in [5.74, 6) is -1.37. The second kappa shape index (κ2) is 7.90. The maximum Gasteiger partial charge on any atom is 0.354 e. The molecule has 1 aliphatic rings. The highest BCUT2D eigenvalue weighted by molar-refractivity contribution is 5.96. The van der Waals surface area contributed by atoms with Crippen LogP contribution in [0.15, 0.2) is 48.7 Å². The summed E-state index contributed by atoms with van der Waals surface area (Å²) >= 11 is 0. The molecule has 1 atom stereocenters. The van der Waals surface area contributed by atoms with Crippen LogP contribution in [0.25, 0.3) is 0 Å². The third-order valence-electron chi connectivity index (χ3n) is 4.18. The van der Waals surface area contributed by atoms with Crippen molar-refractivity contribution < 1.29 is 19.4 Å². The second-order valence-electron chi connectivity index (χ2n) is 6.04. The fraction of sp³-hybridized carbons (Fsp3) is 0.316. The van der Waals surface area contributed by atoms with Crippen molar-refractivity contribution >= 4 is 11.9 Å². The largest absolute Gasteiger partial charge is 0.477 e. The van der Waals surface area contributed by atoms with Crippen LogP contribution in [0, 0.1) is 0 Å². The maximum absolute atomic E-state index is 13.0. The lowest BCUT2D eigenvalue weighted by atomic mass is 10.1. The first kappa shape index (κ1) is 17.1. The smallest absolute Gasteiger partial charge is 0.354 e. The van der Waals surface area contributed by atoms with Gasteiger partial charge in [0.2, 0.25) is 0 Å². The molecule has 2 aromatic rings. The molecule has 6 heteroatoms. The van der Waals surface area contributed by atoms with Gasteiger partial charge in [-0.15, -0.1) is 0 Å². The van der Waals surface area contributed by atoms with Crippen LogP contribution in [0.5, 0.6) is 0 Å². The van der Waals surface area contributed by atoms with E-state index in [2.05, 4.69) is 4.98 Å². The van der Waals surface area contributed by atoms with Crippen LogP contribution in [-0.4, -0.2) is 46.1 Å². The van der Waals surface area contributed by atoms with Crippen molar-refractivity contribution in [2.24, 2.45) is 0 Å². The minimum Gasteiger partial charge on any atom is -0.477 e. The van der Waals surface area contributed by atoms with Crippen LogP contribution in [0.4, 0.5) is 0 Å². The monoisotopic (exact) mass is 340 g/mol. The third-order valence-corrected chi connectivity index (χ3v) is 4.18. The molecule has 1 aromatic carbocycles. The van der Waals surface area contributed by atoms with Gasteiger partial charge in [-0.25, -0.2) is 9.78 Å². The number of ether oxygens (including phenoxy) is 1. The average Bonchev–Trinajstić information content (AvgIpc) is 3.14. The zero-order valence-electron chi connectivity index (χ0n) is 13.8. The molecule has 1 amide bonds. The molecule has 2 heterocycles. The molecule has 1 aromatic heterocycles. The number of carbonyl (C=O) groups excluding carboxylic acids is 1. The number of nitrogens with zero attached hydrogens (tertiary/aromatic N) is 2. The van der Waals surface area contributed by atoms with Gasteiger partial charge in [0, 0.05) is 31.5 Å². The Morgan fingerprint density at radius 2 is 2.04 bits per heavy atom. The lowest BCUT2D eigenvalue weighted by molar-refractivity contribution is 0.0507. The van der Waals surface area contributed by atoms with Gasteiger partial charge < -0.3 is 14.7 Å². The highest BCUT2D eigenvalue weighted by Crippen LogP contribution is 2.17. The van der Waals surface area contributed by atoms with Gasteiger partial charge in [0.1, 0.15) is 5.69 Å². The number of hydrogen-bond donors (Lipinski definition) is 1. The lowest BCUT2D eigenvalue weighted by Crippen LogP contribution is -2.37. The number of carbonyl (C=O) groups is 2. The summed E-state index contributed by atoms with van der Waals surface area (Å²) in [6.07, 6.45) is 3.29. The van der Waals surface area contributed by atoms with Crippen molar-refractivity contribution in [3.8, 4) is 0 Å². The predicted molar refractivity (Wildman–Crippen MR) is 91.4 cm³/mol. The van der Waals surface area contributed by atoms with E-state index in [0.29, 0.717) is 18.7 Å². The van der Waals surface area contributed by atoms with Crippen molar-refractivity contribution in [1.82, 2.24) is 9.88 Å². The van der Waals surface area contributed by atoms with Gasteiger partial charge in [-0.2, -0.15) is 0 Å². The van der Waals surface area contributed by atoms with E-state index in [-0.39, 0.29) is 17.7 Å². The summed E-state index contributed by atoms with van der Waals surface area (Å²) < 4.78 is 5.67. The fourth-order valence-electron chi connectivity index (χ4n) is 2.92. The molecule has 1 fully saturated rings. The number of pyridine rings is 1. The standard InChI is InChI=1S/C19H20N2O4/c22-18(15-8-9-20-17(11-15)19(23)24)21(13-16-7-4-10-25-16)12-14-5-2-1-3-6-14/h1-3,5-6,8-9,11,16H,4,7,10,12-13H2,(H,23,24)/t16-/m0/s1. The molecule has 25 heavy (non-hydrogen) atoms. The number of amides is 1. The van der Waals surface area contributed by atoms with Crippen molar-refractivity contribution in [3.05, 3.63) is 65.5 Å². The van der Waals surface area contributed by atoms with Gasteiger partial charge in [0.05, 0.1) is 6.10 Å². The molecule has 3 rings (SSSR count). The van der Waals surface area contributed by atoms with Crippen LogP contribution in [0.3, 0.4) is 0 Å². The fourth-order valence-corrected chi connectivity index (χ4v) is 2.92. The normalized spacial score (nSPS) is 16.6. The molecule has 0 unspecified atom stereocenters. The van der Waals surface area contributed by atoms with Crippen molar-refractivity contribution in [2.45, 2.75) is 25.5 Å². The minimum atomic E-state index is -1.15.